The highest BCUT2D eigenvalue weighted by Crippen LogP contribution is 2.17. The second-order valence-corrected chi connectivity index (χ2v) is 6.77. The first-order chi connectivity index (χ1) is 13.2. The summed E-state index contributed by atoms with van der Waals surface area (Å²) in [6.07, 6.45) is 5.36. The minimum absolute atomic E-state index is 0.0554. The zero-order valence-electron chi connectivity index (χ0n) is 15.4. The van der Waals surface area contributed by atoms with Crippen molar-refractivity contribution in [1.29, 1.82) is 0 Å². The van der Waals surface area contributed by atoms with Gasteiger partial charge in [0.1, 0.15) is 5.82 Å². The molecule has 0 aliphatic carbocycles. The summed E-state index contributed by atoms with van der Waals surface area (Å²) < 4.78 is 0. The molecular weight excluding hydrogens is 336 g/mol. The van der Waals surface area contributed by atoms with E-state index in [9.17, 15) is 4.79 Å². The Hall–Kier alpha value is -3.21. The molecule has 4 rings (SSSR count). The zero-order chi connectivity index (χ0) is 18.6. The van der Waals surface area contributed by atoms with Gasteiger partial charge in [-0.3, -0.25) is 9.78 Å². The molecule has 1 fully saturated rings. The topological polar surface area (TPSA) is 49.3 Å². The number of piperazine rings is 1. The van der Waals surface area contributed by atoms with Gasteiger partial charge in [0.2, 0.25) is 5.91 Å². The predicted octanol–water partition coefficient (Wildman–Crippen LogP) is 3.30. The highest BCUT2D eigenvalue weighted by Gasteiger charge is 2.20. The smallest absolute Gasteiger partial charge is 0.246 e. The third kappa shape index (κ3) is 3.97. The average Bonchev–Trinajstić information content (AvgIpc) is 2.73. The van der Waals surface area contributed by atoms with Crippen molar-refractivity contribution >= 4 is 28.8 Å². The number of hydrogen-bond donors (Lipinski definition) is 0. The summed E-state index contributed by atoms with van der Waals surface area (Å²) in [5.74, 6) is 0.927. The van der Waals surface area contributed by atoms with Crippen molar-refractivity contribution in [2.45, 2.75) is 6.92 Å². The van der Waals surface area contributed by atoms with Crippen LogP contribution in [0.25, 0.3) is 17.1 Å². The lowest BCUT2D eigenvalue weighted by molar-refractivity contribution is -0.126. The SMILES string of the molecule is Cc1ccc(/C=C/C(=O)N2CCN(c3cnc4ccccc4n3)CC2)cc1. The Labute approximate surface area is 159 Å². The Morgan fingerprint density at radius 3 is 2.41 bits per heavy atom. The molecule has 1 aliphatic heterocycles. The van der Waals surface area contributed by atoms with Crippen molar-refractivity contribution < 1.29 is 4.79 Å². The number of fused-ring (bicyclic) bond motifs is 1. The van der Waals surface area contributed by atoms with Gasteiger partial charge in [-0.2, -0.15) is 0 Å². The number of carbonyl (C=O) groups is 1. The lowest BCUT2D eigenvalue weighted by Crippen LogP contribution is -2.48. The van der Waals surface area contributed by atoms with Crippen LogP contribution in [-0.4, -0.2) is 47.0 Å². The van der Waals surface area contributed by atoms with E-state index in [1.165, 1.54) is 5.56 Å². The molecule has 1 amide bonds. The standard InChI is InChI=1S/C22H22N4O/c1-17-6-8-18(9-7-17)10-11-22(27)26-14-12-25(13-15-26)21-16-23-19-4-2-3-5-20(19)24-21/h2-11,16H,12-15H2,1H3/b11-10+. The first-order valence-corrected chi connectivity index (χ1v) is 9.19. The van der Waals surface area contributed by atoms with E-state index >= 15 is 0 Å². The van der Waals surface area contributed by atoms with Gasteiger partial charge >= 0.3 is 0 Å². The Bertz CT molecular complexity index is 973. The minimum Gasteiger partial charge on any atom is -0.352 e. The number of aryl methyl sites for hydroxylation is 1. The maximum atomic E-state index is 12.4. The van der Waals surface area contributed by atoms with Crippen molar-refractivity contribution in [2.24, 2.45) is 0 Å². The first-order valence-electron chi connectivity index (χ1n) is 9.19. The van der Waals surface area contributed by atoms with Crippen LogP contribution in [0.15, 0.2) is 60.8 Å². The van der Waals surface area contributed by atoms with Gasteiger partial charge in [-0.05, 0) is 30.7 Å². The number of hydrogen-bond acceptors (Lipinski definition) is 4. The van der Waals surface area contributed by atoms with E-state index in [0.29, 0.717) is 13.1 Å². The van der Waals surface area contributed by atoms with Gasteiger partial charge < -0.3 is 9.80 Å². The maximum Gasteiger partial charge on any atom is 0.246 e. The Morgan fingerprint density at radius 2 is 1.67 bits per heavy atom. The molecule has 27 heavy (non-hydrogen) atoms. The van der Waals surface area contributed by atoms with Crippen LogP contribution in [0.3, 0.4) is 0 Å². The number of aromatic nitrogens is 2. The van der Waals surface area contributed by atoms with E-state index in [1.807, 2.05) is 65.7 Å². The summed E-state index contributed by atoms with van der Waals surface area (Å²) in [4.78, 5) is 25.7. The van der Waals surface area contributed by atoms with Gasteiger partial charge in [-0.15, -0.1) is 0 Å². The molecule has 136 valence electrons. The molecule has 0 unspecified atom stereocenters. The second-order valence-electron chi connectivity index (χ2n) is 6.77. The fourth-order valence-electron chi connectivity index (χ4n) is 3.21. The van der Waals surface area contributed by atoms with Gasteiger partial charge in [0, 0.05) is 32.3 Å². The Morgan fingerprint density at radius 1 is 0.963 bits per heavy atom. The van der Waals surface area contributed by atoms with E-state index in [4.69, 9.17) is 4.98 Å². The summed E-state index contributed by atoms with van der Waals surface area (Å²) in [6.45, 7) is 4.95. The highest BCUT2D eigenvalue weighted by atomic mass is 16.2. The molecule has 0 radical (unpaired) electrons. The van der Waals surface area contributed by atoms with Crippen molar-refractivity contribution in [1.82, 2.24) is 14.9 Å². The molecule has 0 saturated carbocycles. The average molecular weight is 358 g/mol. The number of carbonyl (C=O) groups excluding carboxylic acids is 1. The lowest BCUT2D eigenvalue weighted by atomic mass is 10.1. The van der Waals surface area contributed by atoms with Crippen molar-refractivity contribution in [3.8, 4) is 0 Å². The Kier molecular flexibility index (Phi) is 4.83. The predicted molar refractivity (Wildman–Crippen MR) is 109 cm³/mol. The van der Waals surface area contributed by atoms with Crippen LogP contribution >= 0.6 is 0 Å². The van der Waals surface area contributed by atoms with Gasteiger partial charge in [-0.1, -0.05) is 42.0 Å². The molecule has 5 nitrogen and oxygen atoms in total. The minimum atomic E-state index is 0.0554. The number of anilines is 1. The maximum absolute atomic E-state index is 12.4. The molecule has 1 aliphatic rings. The van der Waals surface area contributed by atoms with Crippen LogP contribution in [0.2, 0.25) is 0 Å². The summed E-state index contributed by atoms with van der Waals surface area (Å²) >= 11 is 0. The van der Waals surface area contributed by atoms with E-state index in [-0.39, 0.29) is 5.91 Å². The molecule has 3 aromatic rings. The number of nitrogens with zero attached hydrogens (tertiary/aromatic N) is 4. The molecule has 2 aromatic carbocycles. The van der Waals surface area contributed by atoms with E-state index < -0.39 is 0 Å². The summed E-state index contributed by atoms with van der Waals surface area (Å²) in [5.41, 5.74) is 4.05. The molecule has 0 bridgehead atoms. The van der Waals surface area contributed by atoms with Gasteiger partial charge in [0.25, 0.3) is 0 Å². The van der Waals surface area contributed by atoms with Crippen molar-refractivity contribution in [3.05, 3.63) is 71.9 Å². The Balaban J connectivity index is 1.37. The number of benzene rings is 2. The normalized spacial score (nSPS) is 14.9. The van der Waals surface area contributed by atoms with Gasteiger partial charge in [0.15, 0.2) is 0 Å². The van der Waals surface area contributed by atoms with Crippen LogP contribution in [0.1, 0.15) is 11.1 Å². The largest absolute Gasteiger partial charge is 0.352 e. The zero-order valence-corrected chi connectivity index (χ0v) is 15.4. The van der Waals surface area contributed by atoms with Gasteiger partial charge in [0.05, 0.1) is 17.2 Å². The fraction of sp³-hybridized carbons (Fsp3) is 0.227. The number of amides is 1. The monoisotopic (exact) mass is 358 g/mol. The molecule has 1 aromatic heterocycles. The van der Waals surface area contributed by atoms with Crippen molar-refractivity contribution in [2.75, 3.05) is 31.1 Å². The van der Waals surface area contributed by atoms with Gasteiger partial charge in [-0.25, -0.2) is 4.98 Å². The molecule has 0 spiro atoms. The molecule has 0 atom stereocenters. The fourth-order valence-corrected chi connectivity index (χ4v) is 3.21. The van der Waals surface area contributed by atoms with Crippen LogP contribution in [0.5, 0.6) is 0 Å². The number of para-hydroxylation sites is 2. The first kappa shape index (κ1) is 17.2. The molecule has 0 N–H and O–H groups in total. The quantitative estimate of drug-likeness (QED) is 0.674. The summed E-state index contributed by atoms with van der Waals surface area (Å²) in [5, 5.41) is 0. The van der Waals surface area contributed by atoms with Crippen LogP contribution in [0, 0.1) is 6.92 Å². The molecule has 2 heterocycles. The molecule has 5 heteroatoms. The van der Waals surface area contributed by atoms with Crippen LogP contribution < -0.4 is 4.90 Å². The van der Waals surface area contributed by atoms with E-state index in [2.05, 4.69) is 16.8 Å². The van der Waals surface area contributed by atoms with Crippen LogP contribution in [-0.2, 0) is 4.79 Å². The highest BCUT2D eigenvalue weighted by molar-refractivity contribution is 5.92. The van der Waals surface area contributed by atoms with E-state index in [1.54, 1.807) is 6.08 Å². The van der Waals surface area contributed by atoms with E-state index in [0.717, 1.165) is 35.5 Å². The third-order valence-corrected chi connectivity index (χ3v) is 4.85. The van der Waals surface area contributed by atoms with Crippen molar-refractivity contribution in [3.63, 3.8) is 0 Å². The molecule has 1 saturated heterocycles. The lowest BCUT2D eigenvalue weighted by Gasteiger charge is -2.34. The second kappa shape index (κ2) is 7.58. The third-order valence-electron chi connectivity index (χ3n) is 4.85. The van der Waals surface area contributed by atoms with Crippen LogP contribution in [0.4, 0.5) is 5.82 Å². The summed E-state index contributed by atoms with van der Waals surface area (Å²) in [6, 6.07) is 16.0. The number of rotatable bonds is 3. The molecular formula is C22H22N4O. The summed E-state index contributed by atoms with van der Waals surface area (Å²) in [7, 11) is 0.